The second kappa shape index (κ2) is 7.22. The van der Waals surface area contributed by atoms with Crippen molar-refractivity contribution in [3.63, 3.8) is 0 Å². The number of methoxy groups -OCH3 is 1. The van der Waals surface area contributed by atoms with Crippen LogP contribution in [-0.4, -0.2) is 55.9 Å². The number of rotatable bonds is 6. The van der Waals surface area contributed by atoms with Crippen LogP contribution in [0.1, 0.15) is 38.5 Å². The second-order valence-corrected chi connectivity index (χ2v) is 5.63. The largest absolute Gasteiger partial charge is 0.383 e. The van der Waals surface area contributed by atoms with Gasteiger partial charge in [0.1, 0.15) is 6.04 Å². The standard InChI is InChI=1S/C14H26N2O3/c1-18-10-13(15)14(17)16(11-5-2-3-6-11)9-12-7-4-8-19-12/h11-13H,2-10,15H2,1H3. The van der Waals surface area contributed by atoms with Gasteiger partial charge in [-0.15, -0.1) is 0 Å². The third-order valence-corrected chi connectivity index (χ3v) is 4.14. The average Bonchev–Trinajstić information content (AvgIpc) is 3.08. The maximum absolute atomic E-state index is 12.5. The third-order valence-electron chi connectivity index (χ3n) is 4.14. The molecule has 19 heavy (non-hydrogen) atoms. The molecule has 1 heterocycles. The van der Waals surface area contributed by atoms with Crippen molar-refractivity contribution in [2.45, 2.75) is 56.7 Å². The lowest BCUT2D eigenvalue weighted by Gasteiger charge is -2.33. The summed E-state index contributed by atoms with van der Waals surface area (Å²) in [6, 6.07) is -0.202. The lowest BCUT2D eigenvalue weighted by Crippen LogP contribution is -2.52. The zero-order valence-corrected chi connectivity index (χ0v) is 11.8. The van der Waals surface area contributed by atoms with Gasteiger partial charge in [-0.3, -0.25) is 4.79 Å². The highest BCUT2D eigenvalue weighted by molar-refractivity contribution is 5.82. The van der Waals surface area contributed by atoms with Gasteiger partial charge < -0.3 is 20.1 Å². The smallest absolute Gasteiger partial charge is 0.242 e. The molecule has 2 N–H and O–H groups in total. The van der Waals surface area contributed by atoms with Crippen molar-refractivity contribution in [3.05, 3.63) is 0 Å². The maximum atomic E-state index is 12.5. The monoisotopic (exact) mass is 270 g/mol. The van der Waals surface area contributed by atoms with Gasteiger partial charge in [-0.2, -0.15) is 0 Å². The summed E-state index contributed by atoms with van der Waals surface area (Å²) in [5.74, 6) is 0.0178. The Bertz CT molecular complexity index is 286. The molecule has 0 aromatic rings. The van der Waals surface area contributed by atoms with Crippen molar-refractivity contribution in [2.75, 3.05) is 26.9 Å². The predicted molar refractivity (Wildman–Crippen MR) is 72.8 cm³/mol. The number of carbonyl (C=O) groups excluding carboxylic acids is 1. The number of hydrogen-bond acceptors (Lipinski definition) is 4. The summed E-state index contributed by atoms with van der Waals surface area (Å²) >= 11 is 0. The van der Waals surface area contributed by atoms with E-state index >= 15 is 0 Å². The van der Waals surface area contributed by atoms with E-state index in [2.05, 4.69) is 0 Å². The molecule has 1 aliphatic carbocycles. The lowest BCUT2D eigenvalue weighted by atomic mass is 10.1. The molecule has 1 saturated heterocycles. The van der Waals surface area contributed by atoms with Crippen LogP contribution in [0.25, 0.3) is 0 Å². The molecule has 0 radical (unpaired) electrons. The van der Waals surface area contributed by atoms with Gasteiger partial charge >= 0.3 is 0 Å². The number of nitrogens with zero attached hydrogens (tertiary/aromatic N) is 1. The van der Waals surface area contributed by atoms with Crippen molar-refractivity contribution < 1.29 is 14.3 Å². The molecule has 2 fully saturated rings. The Morgan fingerprint density at radius 3 is 2.68 bits per heavy atom. The molecule has 2 unspecified atom stereocenters. The van der Waals surface area contributed by atoms with Gasteiger partial charge in [0.2, 0.25) is 5.91 Å². The Morgan fingerprint density at radius 1 is 1.37 bits per heavy atom. The molecule has 0 aromatic carbocycles. The van der Waals surface area contributed by atoms with Crippen molar-refractivity contribution in [1.82, 2.24) is 4.90 Å². The molecule has 110 valence electrons. The van der Waals surface area contributed by atoms with Crippen LogP contribution < -0.4 is 5.73 Å². The molecule has 1 aliphatic heterocycles. The molecule has 0 spiro atoms. The van der Waals surface area contributed by atoms with Gasteiger partial charge in [-0.25, -0.2) is 0 Å². The molecule has 1 saturated carbocycles. The van der Waals surface area contributed by atoms with Gasteiger partial charge in [0.05, 0.1) is 12.7 Å². The Labute approximate surface area is 115 Å². The first-order valence-corrected chi connectivity index (χ1v) is 7.39. The van der Waals surface area contributed by atoms with Gasteiger partial charge in [-0.1, -0.05) is 12.8 Å². The van der Waals surface area contributed by atoms with Crippen LogP contribution in [0.4, 0.5) is 0 Å². The van der Waals surface area contributed by atoms with Gasteiger partial charge in [0.15, 0.2) is 0 Å². The first kappa shape index (κ1) is 14.8. The topological polar surface area (TPSA) is 64.8 Å². The van der Waals surface area contributed by atoms with E-state index in [4.69, 9.17) is 15.2 Å². The second-order valence-electron chi connectivity index (χ2n) is 5.63. The quantitative estimate of drug-likeness (QED) is 0.779. The third kappa shape index (κ3) is 3.91. The molecular formula is C14H26N2O3. The highest BCUT2D eigenvalue weighted by Gasteiger charge is 2.32. The molecule has 2 rings (SSSR count). The molecule has 0 aromatic heterocycles. The minimum atomic E-state index is -0.549. The highest BCUT2D eigenvalue weighted by Crippen LogP contribution is 2.25. The molecule has 0 bridgehead atoms. The first-order chi connectivity index (χ1) is 9.22. The fourth-order valence-corrected chi connectivity index (χ4v) is 3.11. The Balaban J connectivity index is 1.97. The number of nitrogens with two attached hydrogens (primary N) is 1. The van der Waals surface area contributed by atoms with Crippen LogP contribution in [0.5, 0.6) is 0 Å². The Kier molecular flexibility index (Phi) is 5.60. The summed E-state index contributed by atoms with van der Waals surface area (Å²) in [6.07, 6.45) is 6.95. The van der Waals surface area contributed by atoms with Crippen LogP contribution in [0.15, 0.2) is 0 Å². The summed E-state index contributed by atoms with van der Waals surface area (Å²) in [5, 5.41) is 0. The minimum absolute atomic E-state index is 0.0178. The molecule has 5 heteroatoms. The van der Waals surface area contributed by atoms with Crippen LogP contribution in [0.3, 0.4) is 0 Å². The summed E-state index contributed by atoms with van der Waals surface area (Å²) in [4.78, 5) is 14.4. The maximum Gasteiger partial charge on any atom is 0.242 e. The normalized spacial score (nSPS) is 25.7. The summed E-state index contributed by atoms with van der Waals surface area (Å²) < 4.78 is 10.7. The number of carbonyl (C=O) groups is 1. The number of hydrogen-bond donors (Lipinski definition) is 1. The van der Waals surface area contributed by atoms with Crippen LogP contribution in [0.2, 0.25) is 0 Å². The summed E-state index contributed by atoms with van der Waals surface area (Å²) in [6.45, 7) is 1.80. The van der Waals surface area contributed by atoms with Gasteiger partial charge in [0, 0.05) is 26.3 Å². The fraction of sp³-hybridized carbons (Fsp3) is 0.929. The van der Waals surface area contributed by atoms with E-state index in [1.54, 1.807) is 7.11 Å². The molecular weight excluding hydrogens is 244 g/mol. The zero-order valence-electron chi connectivity index (χ0n) is 11.8. The van der Waals surface area contributed by atoms with Crippen molar-refractivity contribution in [2.24, 2.45) is 5.73 Å². The Hall–Kier alpha value is -0.650. The Morgan fingerprint density at radius 2 is 2.11 bits per heavy atom. The summed E-state index contributed by atoms with van der Waals surface area (Å²) in [5.41, 5.74) is 5.91. The van der Waals surface area contributed by atoms with Crippen molar-refractivity contribution >= 4 is 5.91 Å². The number of amides is 1. The van der Waals surface area contributed by atoms with Crippen LogP contribution >= 0.6 is 0 Å². The zero-order chi connectivity index (χ0) is 13.7. The SMILES string of the molecule is COCC(N)C(=O)N(CC1CCCO1)C1CCCC1. The van der Waals surface area contributed by atoms with Crippen LogP contribution in [-0.2, 0) is 14.3 Å². The molecule has 2 aliphatic rings. The van der Waals surface area contributed by atoms with Crippen molar-refractivity contribution in [3.8, 4) is 0 Å². The lowest BCUT2D eigenvalue weighted by molar-refractivity contribution is -0.137. The van der Waals surface area contributed by atoms with Crippen LogP contribution in [0, 0.1) is 0 Å². The van der Waals surface area contributed by atoms with E-state index in [1.807, 2.05) is 4.90 Å². The predicted octanol–water partition coefficient (Wildman–Crippen LogP) is 0.910. The number of ether oxygens (including phenoxy) is 2. The van der Waals surface area contributed by atoms with E-state index in [0.717, 1.165) is 32.3 Å². The fourth-order valence-electron chi connectivity index (χ4n) is 3.11. The van der Waals surface area contributed by atoms with Gasteiger partial charge in [-0.05, 0) is 25.7 Å². The molecule has 1 amide bonds. The van der Waals surface area contributed by atoms with E-state index in [1.165, 1.54) is 12.8 Å². The van der Waals surface area contributed by atoms with E-state index < -0.39 is 6.04 Å². The van der Waals surface area contributed by atoms with E-state index in [-0.39, 0.29) is 18.6 Å². The molecule has 5 nitrogen and oxygen atoms in total. The van der Waals surface area contributed by atoms with E-state index in [0.29, 0.717) is 12.6 Å². The van der Waals surface area contributed by atoms with Crippen molar-refractivity contribution in [1.29, 1.82) is 0 Å². The first-order valence-electron chi connectivity index (χ1n) is 7.39. The summed E-state index contributed by atoms with van der Waals surface area (Å²) in [7, 11) is 1.58. The minimum Gasteiger partial charge on any atom is -0.383 e. The molecule has 2 atom stereocenters. The van der Waals surface area contributed by atoms with E-state index in [9.17, 15) is 4.79 Å². The highest BCUT2D eigenvalue weighted by atomic mass is 16.5. The average molecular weight is 270 g/mol. The van der Waals surface area contributed by atoms with Gasteiger partial charge in [0.25, 0.3) is 0 Å².